The van der Waals surface area contributed by atoms with Gasteiger partial charge in [0, 0.05) is 6.07 Å². The molecule has 0 aliphatic carbocycles. The molecule has 2 N–H and O–H groups in total. The van der Waals surface area contributed by atoms with E-state index in [0.29, 0.717) is 41.5 Å². The van der Waals surface area contributed by atoms with Crippen LogP contribution in [0.3, 0.4) is 0 Å². The van der Waals surface area contributed by atoms with Crippen molar-refractivity contribution in [3.63, 3.8) is 0 Å². The van der Waals surface area contributed by atoms with Gasteiger partial charge in [-0.1, -0.05) is 36.4 Å². The molecule has 35 heavy (non-hydrogen) atoms. The summed E-state index contributed by atoms with van der Waals surface area (Å²) in [5.74, 6) is 0.404. The van der Waals surface area contributed by atoms with Crippen molar-refractivity contribution in [2.75, 3.05) is 18.5 Å². The predicted molar refractivity (Wildman–Crippen MR) is 134 cm³/mol. The quantitative estimate of drug-likeness (QED) is 0.328. The first kappa shape index (κ1) is 24.6. The first-order valence-electron chi connectivity index (χ1n) is 10.9. The number of fused-ring (bicyclic) bond motifs is 1. The van der Waals surface area contributed by atoms with E-state index < -0.39 is 22.0 Å². The summed E-state index contributed by atoms with van der Waals surface area (Å²) in [6.45, 7) is 4.52. The van der Waals surface area contributed by atoms with E-state index in [-0.39, 0.29) is 10.4 Å². The fourth-order valence-electron chi connectivity index (χ4n) is 3.48. The van der Waals surface area contributed by atoms with Gasteiger partial charge in [-0.15, -0.1) is 0 Å². The van der Waals surface area contributed by atoms with E-state index in [1.54, 1.807) is 60.7 Å². The highest BCUT2D eigenvalue weighted by atomic mass is 32.2. The lowest BCUT2D eigenvalue weighted by atomic mass is 10.1. The number of sulfonamides is 1. The Kier molecular flexibility index (Phi) is 7.59. The van der Waals surface area contributed by atoms with Crippen molar-refractivity contribution in [2.24, 2.45) is 0 Å². The molecule has 1 atom stereocenters. The van der Waals surface area contributed by atoms with E-state index in [0.717, 1.165) is 11.7 Å². The Balaban J connectivity index is 1.70. The molecule has 0 aliphatic rings. The molecule has 4 aromatic rings. The second-order valence-corrected chi connectivity index (χ2v) is 9.58. The minimum absolute atomic E-state index is 0.0502. The van der Waals surface area contributed by atoms with Crippen molar-refractivity contribution in [2.45, 2.75) is 24.8 Å². The van der Waals surface area contributed by atoms with Crippen molar-refractivity contribution in [3.8, 4) is 11.5 Å². The van der Waals surface area contributed by atoms with E-state index in [9.17, 15) is 13.2 Å². The molecule has 1 aromatic heterocycles. The van der Waals surface area contributed by atoms with Crippen LogP contribution in [0, 0.1) is 0 Å². The van der Waals surface area contributed by atoms with E-state index in [4.69, 9.17) is 9.47 Å². The van der Waals surface area contributed by atoms with Gasteiger partial charge >= 0.3 is 0 Å². The van der Waals surface area contributed by atoms with Gasteiger partial charge in [0.15, 0.2) is 0 Å². The molecule has 0 spiro atoms. The zero-order chi connectivity index (χ0) is 24.8. The van der Waals surface area contributed by atoms with Gasteiger partial charge < -0.3 is 14.8 Å². The number of aromatic nitrogens is 2. The van der Waals surface area contributed by atoms with Gasteiger partial charge in [-0.2, -0.15) is 13.5 Å². The van der Waals surface area contributed by atoms with Crippen LogP contribution in [0.2, 0.25) is 0 Å². The first-order chi connectivity index (χ1) is 16.9. The van der Waals surface area contributed by atoms with Crippen molar-refractivity contribution in [1.82, 2.24) is 13.5 Å². The molecule has 0 bridgehead atoms. The smallest absolute Gasteiger partial charge is 0.247 e. The van der Waals surface area contributed by atoms with Crippen LogP contribution in [0.4, 0.5) is 5.69 Å². The number of hydrogen-bond donors (Lipinski definition) is 2. The Morgan fingerprint density at radius 3 is 2.49 bits per heavy atom. The van der Waals surface area contributed by atoms with Crippen LogP contribution < -0.4 is 19.5 Å². The van der Waals surface area contributed by atoms with Gasteiger partial charge in [0.05, 0.1) is 30.6 Å². The number of ether oxygens (including phenoxy) is 2. The Morgan fingerprint density at radius 2 is 1.74 bits per heavy atom. The maximum atomic E-state index is 13.5. The summed E-state index contributed by atoms with van der Waals surface area (Å²) < 4.78 is 48.7. The number of carbonyl (C=O) groups is 1. The largest absolute Gasteiger partial charge is 0.494 e. The molecule has 0 fully saturated rings. The maximum absolute atomic E-state index is 13.5. The van der Waals surface area contributed by atoms with Crippen molar-refractivity contribution in [3.05, 3.63) is 72.3 Å². The third kappa shape index (κ3) is 5.59. The Hall–Kier alpha value is -3.54. The van der Waals surface area contributed by atoms with Crippen LogP contribution in [-0.2, 0) is 14.8 Å². The van der Waals surface area contributed by atoms with E-state index in [2.05, 4.69) is 18.8 Å². The molecule has 1 amide bonds. The molecular weight excluding hydrogens is 488 g/mol. The molecule has 182 valence electrons. The monoisotopic (exact) mass is 512 g/mol. The summed E-state index contributed by atoms with van der Waals surface area (Å²) in [5, 5.41) is 2.80. The number of nitrogens with one attached hydrogen (secondary N) is 2. The number of rotatable bonds is 10. The van der Waals surface area contributed by atoms with Crippen LogP contribution in [0.15, 0.2) is 71.6 Å². The van der Waals surface area contributed by atoms with Crippen LogP contribution in [0.1, 0.15) is 25.5 Å². The predicted octanol–water partition coefficient (Wildman–Crippen LogP) is 4.15. The molecule has 9 nitrogen and oxygen atoms in total. The second-order valence-electron chi connectivity index (χ2n) is 7.37. The lowest BCUT2D eigenvalue weighted by Gasteiger charge is -2.20. The van der Waals surface area contributed by atoms with Gasteiger partial charge in [-0.05, 0) is 43.7 Å². The van der Waals surface area contributed by atoms with Gasteiger partial charge in [0.1, 0.15) is 33.5 Å². The zero-order valence-corrected chi connectivity index (χ0v) is 20.7. The molecule has 4 rings (SSSR count). The van der Waals surface area contributed by atoms with Crippen LogP contribution in [0.25, 0.3) is 11.0 Å². The van der Waals surface area contributed by atoms with Crippen molar-refractivity contribution in [1.29, 1.82) is 0 Å². The third-order valence-corrected chi connectivity index (χ3v) is 7.02. The lowest BCUT2D eigenvalue weighted by Crippen LogP contribution is -2.37. The highest BCUT2D eigenvalue weighted by molar-refractivity contribution is 7.89. The van der Waals surface area contributed by atoms with Gasteiger partial charge in [-0.3, -0.25) is 4.79 Å². The fourth-order valence-corrected chi connectivity index (χ4v) is 5.44. The maximum Gasteiger partial charge on any atom is 0.247 e. The highest BCUT2D eigenvalue weighted by Gasteiger charge is 2.29. The third-order valence-electron chi connectivity index (χ3n) is 5.03. The Bertz CT molecular complexity index is 1420. The SMILES string of the molecule is CCOc1ccc(OCC)c(NC(=O)[C@H](NS(=O)(=O)c2cccc3nsnc23)c2ccccc2)c1. The minimum atomic E-state index is -4.14. The van der Waals surface area contributed by atoms with Crippen LogP contribution in [0.5, 0.6) is 11.5 Å². The lowest BCUT2D eigenvalue weighted by molar-refractivity contribution is -0.117. The van der Waals surface area contributed by atoms with Crippen molar-refractivity contribution < 1.29 is 22.7 Å². The highest BCUT2D eigenvalue weighted by Crippen LogP contribution is 2.31. The number of amides is 1. The number of anilines is 1. The standard InChI is InChI=1S/C24H24N4O5S2/c1-3-32-17-13-14-20(33-4-2)19(15-17)25-24(29)22(16-9-6-5-7-10-16)28-35(30,31)21-12-8-11-18-23(21)27-34-26-18/h5-15,22,28H,3-4H2,1-2H3,(H,25,29)/t22-/m1/s1. The summed E-state index contributed by atoms with van der Waals surface area (Å²) in [4.78, 5) is 13.5. The molecule has 0 saturated heterocycles. The van der Waals surface area contributed by atoms with Crippen LogP contribution >= 0.6 is 11.7 Å². The zero-order valence-electron chi connectivity index (χ0n) is 19.1. The number of nitrogens with zero attached hydrogens (tertiary/aromatic N) is 2. The molecule has 0 saturated carbocycles. The number of benzene rings is 3. The topological polar surface area (TPSA) is 120 Å². The number of hydrogen-bond acceptors (Lipinski definition) is 8. The molecular formula is C24H24N4O5S2. The van der Waals surface area contributed by atoms with Gasteiger partial charge in [0.25, 0.3) is 0 Å². The molecule has 11 heteroatoms. The van der Waals surface area contributed by atoms with Crippen LogP contribution in [-0.4, -0.2) is 36.3 Å². The Morgan fingerprint density at radius 1 is 0.971 bits per heavy atom. The average Bonchev–Trinajstić information content (AvgIpc) is 3.34. The molecule has 1 heterocycles. The summed E-state index contributed by atoms with van der Waals surface area (Å²) in [6.07, 6.45) is 0. The van der Waals surface area contributed by atoms with E-state index >= 15 is 0 Å². The van der Waals surface area contributed by atoms with E-state index in [1.165, 1.54) is 6.07 Å². The normalized spacial score (nSPS) is 12.3. The minimum Gasteiger partial charge on any atom is -0.494 e. The van der Waals surface area contributed by atoms with E-state index in [1.807, 2.05) is 13.8 Å². The van der Waals surface area contributed by atoms with Gasteiger partial charge in [0.2, 0.25) is 15.9 Å². The summed E-state index contributed by atoms with van der Waals surface area (Å²) >= 11 is 0.921. The first-order valence-corrected chi connectivity index (χ1v) is 13.1. The molecule has 0 aliphatic heterocycles. The van der Waals surface area contributed by atoms with Gasteiger partial charge in [-0.25, -0.2) is 8.42 Å². The molecule has 3 aromatic carbocycles. The average molecular weight is 513 g/mol. The molecule has 0 radical (unpaired) electrons. The summed E-state index contributed by atoms with van der Waals surface area (Å²) in [7, 11) is -4.14. The Labute approximate surface area is 207 Å². The summed E-state index contributed by atoms with van der Waals surface area (Å²) in [6, 6.07) is 17.2. The fraction of sp³-hybridized carbons (Fsp3) is 0.208. The summed E-state index contributed by atoms with van der Waals surface area (Å²) in [5.41, 5.74) is 1.55. The second kappa shape index (κ2) is 10.8. The molecule has 0 unspecified atom stereocenters. The van der Waals surface area contributed by atoms with Crippen molar-refractivity contribution >= 4 is 44.4 Å². The number of carbonyl (C=O) groups excluding carboxylic acids is 1.